The van der Waals surface area contributed by atoms with Gasteiger partial charge in [-0.05, 0) is 12.0 Å². The van der Waals surface area contributed by atoms with Gasteiger partial charge < -0.3 is 10.6 Å². The lowest BCUT2D eigenvalue weighted by Crippen LogP contribution is -2.35. The highest BCUT2D eigenvalue weighted by Crippen LogP contribution is 2.19. The number of fused-ring (bicyclic) bond motifs is 1. The van der Waals surface area contributed by atoms with E-state index in [1.807, 2.05) is 30.3 Å². The quantitative estimate of drug-likeness (QED) is 0.773. The minimum atomic E-state index is -0.314. The van der Waals surface area contributed by atoms with Gasteiger partial charge in [0.2, 0.25) is 0 Å². The number of likely N-dealkylation sites (tertiary alicyclic amines) is 1. The van der Waals surface area contributed by atoms with Crippen LogP contribution in [0.3, 0.4) is 0 Å². The molecular weight excluding hydrogens is 336 g/mol. The molecule has 1 saturated heterocycles. The molecule has 2 N–H and O–H groups in total. The number of carbonyl (C=O) groups excluding carboxylic acids is 1. The molecule has 1 atom stereocenters. The molecule has 3 aromatic rings. The van der Waals surface area contributed by atoms with Crippen molar-refractivity contribution in [1.82, 2.24) is 14.3 Å². The Morgan fingerprint density at radius 2 is 2.12 bits per heavy atom. The van der Waals surface area contributed by atoms with Gasteiger partial charge in [-0.15, -0.1) is 11.3 Å². The summed E-state index contributed by atoms with van der Waals surface area (Å²) in [4.78, 5) is 32.9. The molecule has 4 rings (SSSR count). The number of hydrogen-bond donors (Lipinski definition) is 1. The van der Waals surface area contributed by atoms with Crippen molar-refractivity contribution in [2.75, 3.05) is 13.1 Å². The van der Waals surface area contributed by atoms with Crippen molar-refractivity contribution in [3.8, 4) is 0 Å². The second kappa shape index (κ2) is 6.42. The average Bonchev–Trinajstić information content (AvgIpc) is 3.22. The topological polar surface area (TPSA) is 80.7 Å². The first-order valence-corrected chi connectivity index (χ1v) is 9.02. The van der Waals surface area contributed by atoms with Gasteiger partial charge in [-0.25, -0.2) is 4.98 Å². The molecule has 128 valence electrons. The number of carbonyl (C=O) groups is 1. The smallest absolute Gasteiger partial charge is 0.271 e. The van der Waals surface area contributed by atoms with Gasteiger partial charge in [0.1, 0.15) is 5.56 Å². The lowest BCUT2D eigenvalue weighted by atomic mass is 10.1. The van der Waals surface area contributed by atoms with Gasteiger partial charge in [0.25, 0.3) is 11.5 Å². The molecule has 2 aromatic heterocycles. The van der Waals surface area contributed by atoms with Crippen molar-refractivity contribution >= 4 is 22.2 Å². The van der Waals surface area contributed by atoms with E-state index >= 15 is 0 Å². The second-order valence-electron chi connectivity index (χ2n) is 6.29. The van der Waals surface area contributed by atoms with E-state index in [1.54, 1.807) is 11.1 Å². The highest BCUT2D eigenvalue weighted by atomic mass is 32.1. The largest absolute Gasteiger partial charge is 0.337 e. The number of nitrogens with zero attached hydrogens (tertiary/aromatic N) is 3. The summed E-state index contributed by atoms with van der Waals surface area (Å²) in [6.07, 6.45) is 4.68. The highest BCUT2D eigenvalue weighted by molar-refractivity contribution is 7.17. The summed E-state index contributed by atoms with van der Waals surface area (Å²) in [5, 5.41) is 0. The Morgan fingerprint density at radius 3 is 2.84 bits per heavy atom. The summed E-state index contributed by atoms with van der Waals surface area (Å²) in [5.41, 5.74) is 6.82. The Hall–Kier alpha value is -2.51. The maximum Gasteiger partial charge on any atom is 0.271 e. The molecule has 1 fully saturated rings. The van der Waals surface area contributed by atoms with Crippen molar-refractivity contribution in [1.29, 1.82) is 0 Å². The van der Waals surface area contributed by atoms with Gasteiger partial charge in [-0.1, -0.05) is 30.3 Å². The van der Waals surface area contributed by atoms with Gasteiger partial charge >= 0.3 is 0 Å². The molecular formula is C18H18N4O2S. The molecule has 6 nitrogen and oxygen atoms in total. The molecule has 1 aliphatic heterocycles. The summed E-state index contributed by atoms with van der Waals surface area (Å²) in [6, 6.07) is 10.0. The minimum Gasteiger partial charge on any atom is -0.337 e. The third kappa shape index (κ3) is 3.08. The van der Waals surface area contributed by atoms with Crippen molar-refractivity contribution in [2.45, 2.75) is 18.9 Å². The fraction of sp³-hybridized carbons (Fsp3) is 0.278. The zero-order valence-corrected chi connectivity index (χ0v) is 14.4. The van der Waals surface area contributed by atoms with Gasteiger partial charge in [0, 0.05) is 42.8 Å². The summed E-state index contributed by atoms with van der Waals surface area (Å²) >= 11 is 1.47. The lowest BCUT2D eigenvalue weighted by Gasteiger charge is -2.14. The predicted octanol–water partition coefficient (Wildman–Crippen LogP) is 1.52. The molecule has 1 aromatic carbocycles. The van der Waals surface area contributed by atoms with Crippen LogP contribution >= 0.6 is 11.3 Å². The van der Waals surface area contributed by atoms with Crippen LogP contribution in [-0.2, 0) is 6.42 Å². The van der Waals surface area contributed by atoms with E-state index in [0.29, 0.717) is 18.1 Å². The molecule has 3 heterocycles. The first-order valence-electron chi connectivity index (χ1n) is 8.20. The van der Waals surface area contributed by atoms with Crippen molar-refractivity contribution in [3.63, 3.8) is 0 Å². The SMILES string of the molecule is N[C@@H]1CCN(C(=O)c2cnc3sc(Cc4ccccc4)cn3c2=O)C1. The van der Waals surface area contributed by atoms with E-state index in [1.165, 1.54) is 27.5 Å². The van der Waals surface area contributed by atoms with Crippen LogP contribution in [0.5, 0.6) is 0 Å². The third-order valence-corrected chi connectivity index (χ3v) is 5.41. The van der Waals surface area contributed by atoms with E-state index in [2.05, 4.69) is 4.98 Å². The van der Waals surface area contributed by atoms with Crippen LogP contribution in [0, 0.1) is 0 Å². The Bertz CT molecular complexity index is 980. The predicted molar refractivity (Wildman–Crippen MR) is 97.1 cm³/mol. The second-order valence-corrected chi connectivity index (χ2v) is 7.38. The molecule has 25 heavy (non-hydrogen) atoms. The number of rotatable bonds is 3. The maximum atomic E-state index is 12.7. The molecule has 7 heteroatoms. The lowest BCUT2D eigenvalue weighted by molar-refractivity contribution is 0.0788. The van der Waals surface area contributed by atoms with Crippen LogP contribution in [0.25, 0.3) is 4.96 Å². The highest BCUT2D eigenvalue weighted by Gasteiger charge is 2.27. The first kappa shape index (κ1) is 16.0. The van der Waals surface area contributed by atoms with Crippen LogP contribution in [0.4, 0.5) is 0 Å². The summed E-state index contributed by atoms with van der Waals surface area (Å²) in [7, 11) is 0. The average molecular weight is 354 g/mol. The standard InChI is InChI=1S/C18H18N4O2S/c19-13-6-7-21(10-13)16(23)15-9-20-18-22(17(15)24)11-14(25-18)8-12-4-2-1-3-5-12/h1-5,9,11,13H,6-8,10,19H2/t13-/m1/s1. The zero-order chi connectivity index (χ0) is 17.4. The zero-order valence-electron chi connectivity index (χ0n) is 13.6. The monoisotopic (exact) mass is 354 g/mol. The van der Waals surface area contributed by atoms with Crippen molar-refractivity contribution in [2.24, 2.45) is 5.73 Å². The van der Waals surface area contributed by atoms with Crippen LogP contribution in [-0.4, -0.2) is 39.3 Å². The third-order valence-electron chi connectivity index (χ3n) is 4.42. The normalized spacial score (nSPS) is 17.3. The van der Waals surface area contributed by atoms with Crippen LogP contribution in [0.15, 0.2) is 47.5 Å². The van der Waals surface area contributed by atoms with Crippen molar-refractivity contribution in [3.05, 3.63) is 69.1 Å². The fourth-order valence-electron chi connectivity index (χ4n) is 3.10. The molecule has 0 aliphatic carbocycles. The van der Waals surface area contributed by atoms with Crippen LogP contribution < -0.4 is 11.3 Å². The maximum absolute atomic E-state index is 12.7. The molecule has 0 spiro atoms. The number of amides is 1. The number of benzene rings is 1. The Morgan fingerprint density at radius 1 is 1.32 bits per heavy atom. The van der Waals surface area contributed by atoms with Gasteiger partial charge in [0.05, 0.1) is 0 Å². The molecule has 0 saturated carbocycles. The summed E-state index contributed by atoms with van der Waals surface area (Å²) < 4.78 is 1.48. The number of aromatic nitrogens is 2. The van der Waals surface area contributed by atoms with E-state index in [4.69, 9.17) is 5.73 Å². The van der Waals surface area contributed by atoms with E-state index in [0.717, 1.165) is 17.7 Å². The Kier molecular flexibility index (Phi) is 4.10. The molecule has 0 unspecified atom stereocenters. The molecule has 0 bridgehead atoms. The van der Waals surface area contributed by atoms with Crippen molar-refractivity contribution < 1.29 is 4.79 Å². The number of hydrogen-bond acceptors (Lipinski definition) is 5. The molecule has 1 aliphatic rings. The molecule has 1 amide bonds. The summed E-state index contributed by atoms with van der Waals surface area (Å²) in [5.74, 6) is -0.282. The number of thiazole rings is 1. The first-order chi connectivity index (χ1) is 12.1. The minimum absolute atomic E-state index is 0.0120. The molecule has 0 radical (unpaired) electrons. The Labute approximate surface area is 148 Å². The van der Waals surface area contributed by atoms with E-state index in [-0.39, 0.29) is 23.1 Å². The van der Waals surface area contributed by atoms with Crippen LogP contribution in [0.1, 0.15) is 27.2 Å². The fourth-order valence-corrected chi connectivity index (χ4v) is 4.07. The summed E-state index contributed by atoms with van der Waals surface area (Å²) in [6.45, 7) is 1.08. The van der Waals surface area contributed by atoms with Gasteiger partial charge in [-0.2, -0.15) is 0 Å². The van der Waals surface area contributed by atoms with Gasteiger partial charge in [0.15, 0.2) is 4.96 Å². The number of nitrogens with two attached hydrogens (primary N) is 1. The Balaban J connectivity index is 1.66. The van der Waals surface area contributed by atoms with E-state index in [9.17, 15) is 9.59 Å². The van der Waals surface area contributed by atoms with Gasteiger partial charge in [-0.3, -0.25) is 14.0 Å². The van der Waals surface area contributed by atoms with Crippen LogP contribution in [0.2, 0.25) is 0 Å². The van der Waals surface area contributed by atoms with E-state index < -0.39 is 0 Å².